The van der Waals surface area contributed by atoms with Gasteiger partial charge in [0, 0.05) is 16.6 Å². The van der Waals surface area contributed by atoms with Gasteiger partial charge in [-0.25, -0.2) is 0 Å². The van der Waals surface area contributed by atoms with E-state index in [0.29, 0.717) is 6.42 Å². The average molecular weight is 312 g/mol. The van der Waals surface area contributed by atoms with E-state index in [2.05, 4.69) is 28.2 Å². The number of hydrogen-bond acceptors (Lipinski definition) is 1. The molecule has 1 rings (SSSR count). The molecule has 1 aromatic carbocycles. The molecular formula is C15H22BrNO. The monoisotopic (exact) mass is 311 g/mol. The standard InChI is InChI=1S/C15H22BrNO/c1-3-4-5-6-7-8-15(18)17-13-10-9-12(2)14(16)11-13/h9-11H,3-8H2,1-2H3,(H,17,18). The fourth-order valence-corrected chi connectivity index (χ4v) is 2.16. The molecule has 0 fully saturated rings. The highest BCUT2D eigenvalue weighted by molar-refractivity contribution is 9.10. The van der Waals surface area contributed by atoms with E-state index in [1.807, 2.05) is 25.1 Å². The van der Waals surface area contributed by atoms with Crippen LogP contribution in [0.3, 0.4) is 0 Å². The number of carbonyl (C=O) groups excluding carboxylic acids is 1. The number of amides is 1. The second kappa shape index (κ2) is 8.30. The lowest BCUT2D eigenvalue weighted by Crippen LogP contribution is -2.11. The molecule has 0 saturated heterocycles. The molecule has 0 saturated carbocycles. The molecule has 0 aliphatic heterocycles. The maximum absolute atomic E-state index is 11.7. The molecule has 1 N–H and O–H groups in total. The Hall–Kier alpha value is -0.830. The quantitative estimate of drug-likeness (QED) is 0.701. The van der Waals surface area contributed by atoms with E-state index >= 15 is 0 Å². The largest absolute Gasteiger partial charge is 0.326 e. The number of rotatable bonds is 7. The van der Waals surface area contributed by atoms with Crippen molar-refractivity contribution >= 4 is 27.5 Å². The van der Waals surface area contributed by atoms with Crippen LogP contribution in [0.25, 0.3) is 0 Å². The molecule has 0 spiro atoms. The summed E-state index contributed by atoms with van der Waals surface area (Å²) in [6, 6.07) is 5.89. The molecule has 2 nitrogen and oxygen atoms in total. The Labute approximate surface area is 118 Å². The maximum atomic E-state index is 11.7. The van der Waals surface area contributed by atoms with Crippen LogP contribution in [-0.4, -0.2) is 5.91 Å². The van der Waals surface area contributed by atoms with Gasteiger partial charge in [0.1, 0.15) is 0 Å². The minimum absolute atomic E-state index is 0.113. The highest BCUT2D eigenvalue weighted by Crippen LogP contribution is 2.20. The number of hydrogen-bond donors (Lipinski definition) is 1. The molecule has 100 valence electrons. The third-order valence-corrected chi connectivity index (χ3v) is 3.82. The van der Waals surface area contributed by atoms with Crippen molar-refractivity contribution < 1.29 is 4.79 Å². The van der Waals surface area contributed by atoms with E-state index in [1.165, 1.54) is 24.8 Å². The summed E-state index contributed by atoms with van der Waals surface area (Å²) in [5, 5.41) is 2.93. The van der Waals surface area contributed by atoms with Crippen molar-refractivity contribution in [3.63, 3.8) is 0 Å². The van der Waals surface area contributed by atoms with Gasteiger partial charge in [-0.1, -0.05) is 54.6 Å². The van der Waals surface area contributed by atoms with Gasteiger partial charge in [0.25, 0.3) is 0 Å². The molecular weight excluding hydrogens is 290 g/mol. The Morgan fingerprint density at radius 2 is 1.94 bits per heavy atom. The van der Waals surface area contributed by atoms with E-state index in [0.717, 1.165) is 23.0 Å². The number of unbranched alkanes of at least 4 members (excludes halogenated alkanes) is 4. The fourth-order valence-electron chi connectivity index (χ4n) is 1.78. The number of benzene rings is 1. The highest BCUT2D eigenvalue weighted by Gasteiger charge is 2.03. The summed E-state index contributed by atoms with van der Waals surface area (Å²) in [4.78, 5) is 11.7. The van der Waals surface area contributed by atoms with Crippen molar-refractivity contribution in [2.45, 2.75) is 52.4 Å². The summed E-state index contributed by atoms with van der Waals surface area (Å²) in [6.45, 7) is 4.23. The van der Waals surface area contributed by atoms with Crippen molar-refractivity contribution in [1.29, 1.82) is 0 Å². The lowest BCUT2D eigenvalue weighted by atomic mass is 10.1. The van der Waals surface area contributed by atoms with E-state index < -0.39 is 0 Å². The van der Waals surface area contributed by atoms with Crippen molar-refractivity contribution in [3.8, 4) is 0 Å². The predicted molar refractivity (Wildman–Crippen MR) is 80.9 cm³/mol. The zero-order valence-electron chi connectivity index (χ0n) is 11.3. The molecule has 18 heavy (non-hydrogen) atoms. The van der Waals surface area contributed by atoms with Crippen molar-refractivity contribution in [2.75, 3.05) is 5.32 Å². The number of aryl methyl sites for hydroxylation is 1. The summed E-state index contributed by atoms with van der Waals surface area (Å²) < 4.78 is 1.03. The minimum atomic E-state index is 0.113. The van der Waals surface area contributed by atoms with Gasteiger partial charge < -0.3 is 5.32 Å². The van der Waals surface area contributed by atoms with Crippen LogP contribution in [-0.2, 0) is 4.79 Å². The van der Waals surface area contributed by atoms with Crippen LogP contribution in [0.15, 0.2) is 22.7 Å². The predicted octanol–water partition coefficient (Wildman–Crippen LogP) is 5.06. The first-order chi connectivity index (χ1) is 8.63. The van der Waals surface area contributed by atoms with Crippen LogP contribution in [0.5, 0.6) is 0 Å². The summed E-state index contributed by atoms with van der Waals surface area (Å²) in [5.41, 5.74) is 2.04. The van der Waals surface area contributed by atoms with E-state index in [1.54, 1.807) is 0 Å². The number of halogens is 1. The molecule has 3 heteroatoms. The third-order valence-electron chi connectivity index (χ3n) is 2.96. The van der Waals surface area contributed by atoms with Gasteiger partial charge in [0.05, 0.1) is 0 Å². The summed E-state index contributed by atoms with van der Waals surface area (Å²) >= 11 is 3.47. The zero-order valence-corrected chi connectivity index (χ0v) is 12.8. The molecule has 0 atom stereocenters. The van der Waals surface area contributed by atoms with Gasteiger partial charge in [0.15, 0.2) is 0 Å². The van der Waals surface area contributed by atoms with Crippen molar-refractivity contribution in [3.05, 3.63) is 28.2 Å². The second-order valence-corrected chi connectivity index (χ2v) is 5.53. The van der Waals surface area contributed by atoms with E-state index in [-0.39, 0.29) is 5.91 Å². The van der Waals surface area contributed by atoms with Gasteiger partial charge in [-0.05, 0) is 31.0 Å². The Balaban J connectivity index is 2.29. The summed E-state index contributed by atoms with van der Waals surface area (Å²) in [6.07, 6.45) is 6.50. The lowest BCUT2D eigenvalue weighted by Gasteiger charge is -2.07. The smallest absolute Gasteiger partial charge is 0.224 e. The second-order valence-electron chi connectivity index (χ2n) is 4.68. The van der Waals surface area contributed by atoms with E-state index in [4.69, 9.17) is 0 Å². The van der Waals surface area contributed by atoms with Crippen LogP contribution in [0.2, 0.25) is 0 Å². The maximum Gasteiger partial charge on any atom is 0.224 e. The van der Waals surface area contributed by atoms with Crippen LogP contribution in [0.4, 0.5) is 5.69 Å². The summed E-state index contributed by atoms with van der Waals surface area (Å²) in [7, 11) is 0. The Morgan fingerprint density at radius 1 is 1.22 bits per heavy atom. The Bertz CT molecular complexity index is 390. The molecule has 1 amide bonds. The van der Waals surface area contributed by atoms with Gasteiger partial charge in [-0.15, -0.1) is 0 Å². The van der Waals surface area contributed by atoms with Gasteiger partial charge in [-0.3, -0.25) is 4.79 Å². The fraction of sp³-hybridized carbons (Fsp3) is 0.533. The molecule has 0 aliphatic carbocycles. The molecule has 0 unspecified atom stereocenters. The van der Waals surface area contributed by atoms with Crippen molar-refractivity contribution in [1.82, 2.24) is 0 Å². The minimum Gasteiger partial charge on any atom is -0.326 e. The first-order valence-electron chi connectivity index (χ1n) is 6.69. The Kier molecular flexibility index (Phi) is 7.02. The van der Waals surface area contributed by atoms with Crippen LogP contribution < -0.4 is 5.32 Å². The first kappa shape index (κ1) is 15.2. The van der Waals surface area contributed by atoms with Gasteiger partial charge >= 0.3 is 0 Å². The molecule has 0 aliphatic rings. The first-order valence-corrected chi connectivity index (χ1v) is 7.48. The molecule has 0 bridgehead atoms. The lowest BCUT2D eigenvalue weighted by molar-refractivity contribution is -0.116. The Morgan fingerprint density at radius 3 is 2.61 bits per heavy atom. The van der Waals surface area contributed by atoms with Gasteiger partial charge in [0.2, 0.25) is 5.91 Å². The topological polar surface area (TPSA) is 29.1 Å². The molecule has 1 aromatic rings. The average Bonchev–Trinajstić information content (AvgIpc) is 2.34. The number of anilines is 1. The van der Waals surface area contributed by atoms with Crippen LogP contribution in [0, 0.1) is 6.92 Å². The molecule has 0 aromatic heterocycles. The zero-order chi connectivity index (χ0) is 13.4. The van der Waals surface area contributed by atoms with Crippen LogP contribution in [0.1, 0.15) is 51.0 Å². The normalized spacial score (nSPS) is 10.4. The van der Waals surface area contributed by atoms with E-state index in [9.17, 15) is 4.79 Å². The number of nitrogens with one attached hydrogen (secondary N) is 1. The number of carbonyl (C=O) groups is 1. The molecule has 0 heterocycles. The highest BCUT2D eigenvalue weighted by atomic mass is 79.9. The van der Waals surface area contributed by atoms with Gasteiger partial charge in [-0.2, -0.15) is 0 Å². The third kappa shape index (κ3) is 5.67. The van der Waals surface area contributed by atoms with Crippen LogP contribution >= 0.6 is 15.9 Å². The SMILES string of the molecule is CCCCCCCC(=O)Nc1ccc(C)c(Br)c1. The summed E-state index contributed by atoms with van der Waals surface area (Å²) in [5.74, 6) is 0.113. The molecule has 0 radical (unpaired) electrons. The van der Waals surface area contributed by atoms with Crippen molar-refractivity contribution in [2.24, 2.45) is 0 Å².